The summed E-state index contributed by atoms with van der Waals surface area (Å²) >= 11 is 0. The molecule has 2 heterocycles. The molecule has 0 saturated carbocycles. The van der Waals surface area contributed by atoms with Crippen LogP contribution in [0.25, 0.3) is 5.69 Å². The molecule has 1 atom stereocenters. The molecular weight excluding hydrogens is 240 g/mol. The van der Waals surface area contributed by atoms with Gasteiger partial charge >= 0.3 is 0 Å². The molecule has 1 unspecified atom stereocenters. The molecule has 1 aliphatic heterocycles. The van der Waals surface area contributed by atoms with Crippen LogP contribution in [0.3, 0.4) is 0 Å². The Morgan fingerprint density at radius 2 is 2.05 bits per heavy atom. The highest BCUT2D eigenvalue weighted by Crippen LogP contribution is 2.25. The largest absolute Gasteiger partial charge is 0.495 e. The van der Waals surface area contributed by atoms with Crippen molar-refractivity contribution >= 4 is 0 Å². The van der Waals surface area contributed by atoms with Crippen molar-refractivity contribution in [3.8, 4) is 5.69 Å². The van der Waals surface area contributed by atoms with Crippen molar-refractivity contribution in [1.29, 1.82) is 0 Å². The van der Waals surface area contributed by atoms with Crippen LogP contribution in [0.1, 0.15) is 24.6 Å². The lowest BCUT2D eigenvalue weighted by atomic mass is 10.1. The minimum absolute atomic E-state index is 0.608. The van der Waals surface area contributed by atoms with Gasteiger partial charge in [0.15, 0.2) is 6.10 Å². The molecule has 2 aromatic rings. The van der Waals surface area contributed by atoms with Gasteiger partial charge in [0.05, 0.1) is 18.0 Å². The molecule has 0 aliphatic carbocycles. The number of aromatic nitrogens is 2. The van der Waals surface area contributed by atoms with Crippen LogP contribution in [-0.4, -0.2) is 21.5 Å². The first-order valence-corrected chi connectivity index (χ1v) is 6.46. The van der Waals surface area contributed by atoms with Gasteiger partial charge < -0.3 is 9.84 Å². The molecule has 1 aliphatic rings. The first-order chi connectivity index (χ1) is 9.34. The van der Waals surface area contributed by atoms with Gasteiger partial charge in [0.25, 0.3) is 0 Å². The average Bonchev–Trinajstić information content (AvgIpc) is 2.98. The standard InChI is InChI=1S/C15H16N2O2/c18-15(14-8-4-5-11-19-14)13-9-10-17(16-13)12-6-2-1-3-7-12/h1-3,6-10,15,18H,4-5,11H2. The lowest BCUT2D eigenvalue weighted by molar-refractivity contribution is 0.0892. The number of rotatable bonds is 3. The maximum Gasteiger partial charge on any atom is 0.154 e. The van der Waals surface area contributed by atoms with Crippen molar-refractivity contribution in [2.24, 2.45) is 0 Å². The molecule has 0 spiro atoms. The fourth-order valence-corrected chi connectivity index (χ4v) is 2.12. The average molecular weight is 256 g/mol. The zero-order chi connectivity index (χ0) is 13.1. The number of ether oxygens (including phenoxy) is 1. The normalized spacial score (nSPS) is 16.6. The second-order valence-corrected chi connectivity index (χ2v) is 4.52. The Morgan fingerprint density at radius 3 is 2.79 bits per heavy atom. The Hall–Kier alpha value is -2.07. The van der Waals surface area contributed by atoms with E-state index in [0.29, 0.717) is 18.1 Å². The van der Waals surface area contributed by atoms with E-state index in [1.165, 1.54) is 0 Å². The second kappa shape index (κ2) is 5.28. The predicted octanol–water partition coefficient (Wildman–Crippen LogP) is 2.60. The van der Waals surface area contributed by atoms with Gasteiger partial charge in [0.1, 0.15) is 5.76 Å². The minimum atomic E-state index is -0.773. The summed E-state index contributed by atoms with van der Waals surface area (Å²) in [7, 11) is 0. The van der Waals surface area contributed by atoms with Gasteiger partial charge in [0, 0.05) is 6.20 Å². The highest BCUT2D eigenvalue weighted by molar-refractivity contribution is 5.31. The number of allylic oxidation sites excluding steroid dienone is 1. The van der Waals surface area contributed by atoms with E-state index < -0.39 is 6.10 Å². The van der Waals surface area contributed by atoms with Crippen LogP contribution in [0.4, 0.5) is 0 Å². The summed E-state index contributed by atoms with van der Waals surface area (Å²) in [6.07, 6.45) is 4.97. The van der Waals surface area contributed by atoms with Crippen molar-refractivity contribution < 1.29 is 9.84 Å². The third kappa shape index (κ3) is 2.53. The van der Waals surface area contributed by atoms with Gasteiger partial charge in [-0.3, -0.25) is 0 Å². The summed E-state index contributed by atoms with van der Waals surface area (Å²) in [4.78, 5) is 0. The first kappa shape index (κ1) is 12.0. The van der Waals surface area contributed by atoms with E-state index in [4.69, 9.17) is 4.74 Å². The lowest BCUT2D eigenvalue weighted by Gasteiger charge is -2.18. The van der Waals surface area contributed by atoms with E-state index in [2.05, 4.69) is 5.10 Å². The smallest absolute Gasteiger partial charge is 0.154 e. The van der Waals surface area contributed by atoms with Gasteiger partial charge in [0.2, 0.25) is 0 Å². The Kier molecular flexibility index (Phi) is 3.33. The van der Waals surface area contributed by atoms with Gasteiger partial charge in [-0.2, -0.15) is 5.10 Å². The molecule has 0 bridgehead atoms. The van der Waals surface area contributed by atoms with Gasteiger partial charge in [-0.05, 0) is 37.1 Å². The third-order valence-corrected chi connectivity index (χ3v) is 3.14. The highest BCUT2D eigenvalue weighted by Gasteiger charge is 2.19. The van der Waals surface area contributed by atoms with Crippen LogP contribution in [0.15, 0.2) is 54.4 Å². The summed E-state index contributed by atoms with van der Waals surface area (Å²) in [6.45, 7) is 0.669. The van der Waals surface area contributed by atoms with Crippen LogP contribution in [0.5, 0.6) is 0 Å². The van der Waals surface area contributed by atoms with E-state index in [0.717, 1.165) is 18.5 Å². The van der Waals surface area contributed by atoms with Crippen molar-refractivity contribution in [3.63, 3.8) is 0 Å². The summed E-state index contributed by atoms with van der Waals surface area (Å²) in [5.74, 6) is 0.615. The number of para-hydroxylation sites is 1. The first-order valence-electron chi connectivity index (χ1n) is 6.46. The Bertz CT molecular complexity index is 575. The number of hydrogen-bond donors (Lipinski definition) is 1. The molecule has 19 heavy (non-hydrogen) atoms. The maximum absolute atomic E-state index is 10.2. The summed E-state index contributed by atoms with van der Waals surface area (Å²) in [6, 6.07) is 11.6. The Morgan fingerprint density at radius 1 is 1.21 bits per heavy atom. The molecule has 4 heteroatoms. The van der Waals surface area contributed by atoms with E-state index in [9.17, 15) is 5.11 Å². The zero-order valence-electron chi connectivity index (χ0n) is 10.6. The van der Waals surface area contributed by atoms with Crippen molar-refractivity contribution in [1.82, 2.24) is 9.78 Å². The van der Waals surface area contributed by atoms with E-state index in [1.807, 2.05) is 48.7 Å². The molecule has 0 amide bonds. The third-order valence-electron chi connectivity index (χ3n) is 3.14. The second-order valence-electron chi connectivity index (χ2n) is 4.52. The molecule has 1 aromatic heterocycles. The Labute approximate surface area is 111 Å². The van der Waals surface area contributed by atoms with Crippen molar-refractivity contribution in [2.75, 3.05) is 6.61 Å². The summed E-state index contributed by atoms with van der Waals surface area (Å²) < 4.78 is 7.22. The monoisotopic (exact) mass is 256 g/mol. The summed E-state index contributed by atoms with van der Waals surface area (Å²) in [5.41, 5.74) is 1.58. The van der Waals surface area contributed by atoms with Crippen molar-refractivity contribution in [2.45, 2.75) is 18.9 Å². The Balaban J connectivity index is 1.83. The quantitative estimate of drug-likeness (QED) is 0.918. The van der Waals surface area contributed by atoms with E-state index in [1.54, 1.807) is 4.68 Å². The molecule has 0 fully saturated rings. The molecule has 98 valence electrons. The fraction of sp³-hybridized carbons (Fsp3) is 0.267. The van der Waals surface area contributed by atoms with Crippen LogP contribution in [0, 0.1) is 0 Å². The van der Waals surface area contributed by atoms with Crippen LogP contribution in [0.2, 0.25) is 0 Å². The summed E-state index contributed by atoms with van der Waals surface area (Å²) in [5, 5.41) is 14.6. The molecule has 1 N–H and O–H groups in total. The molecule has 0 radical (unpaired) electrons. The SMILES string of the molecule is OC(C1=CCCCO1)c1ccn(-c2ccccc2)n1. The molecular formula is C15H16N2O2. The molecule has 4 nitrogen and oxygen atoms in total. The van der Waals surface area contributed by atoms with Crippen LogP contribution >= 0.6 is 0 Å². The van der Waals surface area contributed by atoms with E-state index in [-0.39, 0.29) is 0 Å². The van der Waals surface area contributed by atoms with Crippen molar-refractivity contribution in [3.05, 3.63) is 60.1 Å². The van der Waals surface area contributed by atoms with Gasteiger partial charge in [-0.25, -0.2) is 4.68 Å². The lowest BCUT2D eigenvalue weighted by Crippen LogP contribution is -2.10. The number of hydrogen-bond acceptors (Lipinski definition) is 3. The highest BCUT2D eigenvalue weighted by atomic mass is 16.5. The minimum Gasteiger partial charge on any atom is -0.495 e. The topological polar surface area (TPSA) is 47.3 Å². The predicted molar refractivity (Wildman–Crippen MR) is 71.8 cm³/mol. The van der Waals surface area contributed by atoms with Gasteiger partial charge in [-0.1, -0.05) is 18.2 Å². The van der Waals surface area contributed by atoms with E-state index >= 15 is 0 Å². The van der Waals surface area contributed by atoms with Gasteiger partial charge in [-0.15, -0.1) is 0 Å². The number of nitrogens with zero attached hydrogens (tertiary/aromatic N) is 2. The zero-order valence-corrected chi connectivity index (χ0v) is 10.6. The van der Waals surface area contributed by atoms with Crippen LogP contribution < -0.4 is 0 Å². The molecule has 0 saturated heterocycles. The molecule has 3 rings (SSSR count). The number of aliphatic hydroxyl groups is 1. The van der Waals surface area contributed by atoms with Crippen LogP contribution in [-0.2, 0) is 4.74 Å². The number of benzene rings is 1. The fourth-order valence-electron chi connectivity index (χ4n) is 2.12. The number of aliphatic hydroxyl groups excluding tert-OH is 1. The molecule has 1 aromatic carbocycles. The maximum atomic E-state index is 10.2.